The van der Waals surface area contributed by atoms with Crippen molar-refractivity contribution >= 4 is 44.6 Å². The fraction of sp³-hybridized carbons (Fsp3) is 0.111. The molecule has 27 heavy (non-hydrogen) atoms. The molecular weight excluding hydrogens is 406 g/mol. The Kier molecular flexibility index (Phi) is 5.91. The van der Waals surface area contributed by atoms with Gasteiger partial charge < -0.3 is 5.32 Å². The fourth-order valence-corrected chi connectivity index (χ4v) is 4.29. The number of anilines is 1. The van der Waals surface area contributed by atoms with E-state index in [-0.39, 0.29) is 17.2 Å². The lowest BCUT2D eigenvalue weighted by atomic mass is 10.2. The Morgan fingerprint density at radius 2 is 1.96 bits per heavy atom. The van der Waals surface area contributed by atoms with Gasteiger partial charge in [-0.25, -0.2) is 18.1 Å². The highest BCUT2D eigenvalue weighted by molar-refractivity contribution is 7.89. The second-order valence-electron chi connectivity index (χ2n) is 5.58. The van der Waals surface area contributed by atoms with Gasteiger partial charge in [-0.2, -0.15) is 0 Å². The zero-order valence-corrected chi connectivity index (χ0v) is 16.7. The Hall–Kier alpha value is -2.26. The third-order valence-corrected chi connectivity index (χ3v) is 6.36. The van der Waals surface area contributed by atoms with Crippen LogP contribution >= 0.6 is 22.9 Å². The van der Waals surface area contributed by atoms with Crippen LogP contribution in [0.25, 0.3) is 10.6 Å². The van der Waals surface area contributed by atoms with Crippen molar-refractivity contribution in [2.24, 2.45) is 0 Å². The van der Waals surface area contributed by atoms with Gasteiger partial charge in [0, 0.05) is 16.6 Å². The first-order chi connectivity index (χ1) is 12.9. The molecular formula is C18H16ClN3O3S2. The monoisotopic (exact) mass is 421 g/mol. The topological polar surface area (TPSA) is 88.2 Å². The number of sulfonamides is 1. The summed E-state index contributed by atoms with van der Waals surface area (Å²) in [7, 11) is -2.24. The average Bonchev–Trinajstić information content (AvgIpc) is 3.10. The molecule has 0 fully saturated rings. The number of carbonyl (C=O) groups excluding carboxylic acids is 1. The number of carbonyl (C=O) groups is 1. The number of nitrogens with one attached hydrogen (secondary N) is 2. The first-order valence-electron chi connectivity index (χ1n) is 7.92. The molecule has 0 bridgehead atoms. The molecule has 1 amide bonds. The Morgan fingerprint density at radius 1 is 1.19 bits per heavy atom. The summed E-state index contributed by atoms with van der Waals surface area (Å²) in [6, 6.07) is 13.4. The second-order valence-corrected chi connectivity index (χ2v) is 8.74. The fourth-order valence-electron chi connectivity index (χ4n) is 2.38. The molecule has 0 aliphatic heterocycles. The smallest absolute Gasteiger partial charge is 0.240 e. The van der Waals surface area contributed by atoms with E-state index in [2.05, 4.69) is 15.0 Å². The predicted octanol–water partition coefficient (Wildman–Crippen LogP) is 3.55. The Morgan fingerprint density at radius 3 is 2.70 bits per heavy atom. The second kappa shape index (κ2) is 8.18. The van der Waals surface area contributed by atoms with Crippen molar-refractivity contribution in [1.82, 2.24) is 9.71 Å². The van der Waals surface area contributed by atoms with Crippen LogP contribution in [-0.2, 0) is 21.2 Å². The Balaban J connectivity index is 1.71. The first kappa shape index (κ1) is 19.5. The molecule has 2 N–H and O–H groups in total. The van der Waals surface area contributed by atoms with Crippen molar-refractivity contribution in [1.29, 1.82) is 0 Å². The van der Waals surface area contributed by atoms with Crippen molar-refractivity contribution in [2.75, 3.05) is 12.4 Å². The molecule has 0 aliphatic rings. The number of benzene rings is 2. The van der Waals surface area contributed by atoms with Gasteiger partial charge in [-0.3, -0.25) is 4.79 Å². The highest BCUT2D eigenvalue weighted by Crippen LogP contribution is 2.30. The molecule has 0 saturated heterocycles. The van der Waals surface area contributed by atoms with E-state index in [9.17, 15) is 13.2 Å². The summed E-state index contributed by atoms with van der Waals surface area (Å²) >= 11 is 7.59. The molecule has 0 saturated carbocycles. The minimum absolute atomic E-state index is 0.0734. The number of hydrogen-bond donors (Lipinski definition) is 2. The number of hydrogen-bond acceptors (Lipinski definition) is 5. The molecule has 0 radical (unpaired) electrons. The molecule has 0 aliphatic carbocycles. The predicted molar refractivity (Wildman–Crippen MR) is 108 cm³/mol. The molecule has 0 unspecified atom stereocenters. The van der Waals surface area contributed by atoms with Gasteiger partial charge in [0.15, 0.2) is 0 Å². The summed E-state index contributed by atoms with van der Waals surface area (Å²) in [4.78, 5) is 16.8. The summed E-state index contributed by atoms with van der Waals surface area (Å²) in [5.41, 5.74) is 1.84. The molecule has 1 heterocycles. The number of thiazole rings is 1. The van der Waals surface area contributed by atoms with E-state index >= 15 is 0 Å². The normalized spacial score (nSPS) is 11.3. The minimum atomic E-state index is -3.57. The first-order valence-corrected chi connectivity index (χ1v) is 10.7. The summed E-state index contributed by atoms with van der Waals surface area (Å²) in [5, 5.41) is 5.84. The Labute approximate surface area is 166 Å². The molecule has 0 spiro atoms. The lowest BCUT2D eigenvalue weighted by Crippen LogP contribution is -2.19. The third-order valence-electron chi connectivity index (χ3n) is 3.69. The molecule has 2 aromatic carbocycles. The number of amides is 1. The third kappa shape index (κ3) is 4.72. The van der Waals surface area contributed by atoms with Gasteiger partial charge in [-0.15, -0.1) is 11.3 Å². The maximum Gasteiger partial charge on any atom is 0.240 e. The number of nitrogens with zero attached hydrogens (tertiary/aromatic N) is 1. The van der Waals surface area contributed by atoms with Crippen molar-refractivity contribution in [3.05, 3.63) is 64.6 Å². The number of halogens is 1. The highest BCUT2D eigenvalue weighted by Gasteiger charge is 2.14. The molecule has 0 atom stereocenters. The van der Waals surface area contributed by atoms with Crippen molar-refractivity contribution in [3.63, 3.8) is 0 Å². The van der Waals surface area contributed by atoms with Crippen LogP contribution in [0.15, 0.2) is 58.8 Å². The van der Waals surface area contributed by atoms with Gasteiger partial charge in [0.2, 0.25) is 15.9 Å². The maximum atomic E-state index is 12.3. The minimum Gasteiger partial charge on any atom is -0.326 e. The summed E-state index contributed by atoms with van der Waals surface area (Å²) < 4.78 is 25.9. The van der Waals surface area contributed by atoms with E-state index < -0.39 is 10.0 Å². The van der Waals surface area contributed by atoms with Crippen LogP contribution in [0.2, 0.25) is 5.02 Å². The van der Waals surface area contributed by atoms with E-state index in [4.69, 9.17) is 11.6 Å². The molecule has 3 aromatic rings. The number of aromatic nitrogens is 1. The summed E-state index contributed by atoms with van der Waals surface area (Å²) in [6.45, 7) is 0. The zero-order valence-electron chi connectivity index (χ0n) is 14.3. The lowest BCUT2D eigenvalue weighted by molar-refractivity contribution is -0.115. The van der Waals surface area contributed by atoms with Crippen molar-refractivity contribution in [3.8, 4) is 10.6 Å². The van der Waals surface area contributed by atoms with Crippen LogP contribution in [0, 0.1) is 0 Å². The molecule has 140 valence electrons. The Bertz CT molecular complexity index is 1080. The molecule has 9 heteroatoms. The van der Waals surface area contributed by atoms with Crippen LogP contribution in [0.3, 0.4) is 0 Å². The molecule has 3 rings (SSSR count). The largest absolute Gasteiger partial charge is 0.326 e. The average molecular weight is 422 g/mol. The van der Waals surface area contributed by atoms with E-state index in [1.807, 2.05) is 18.2 Å². The summed E-state index contributed by atoms with van der Waals surface area (Å²) in [5.74, 6) is -0.287. The lowest BCUT2D eigenvalue weighted by Gasteiger charge is -2.07. The van der Waals surface area contributed by atoms with E-state index in [1.54, 1.807) is 23.6 Å². The van der Waals surface area contributed by atoms with Crippen LogP contribution in [0.5, 0.6) is 0 Å². The van der Waals surface area contributed by atoms with Gasteiger partial charge in [0.25, 0.3) is 0 Å². The molecule has 6 nitrogen and oxygen atoms in total. The molecule has 1 aromatic heterocycles. The van der Waals surface area contributed by atoms with Gasteiger partial charge in [-0.05, 0) is 31.3 Å². The highest BCUT2D eigenvalue weighted by atomic mass is 35.5. The van der Waals surface area contributed by atoms with E-state index in [0.717, 1.165) is 10.6 Å². The van der Waals surface area contributed by atoms with Gasteiger partial charge in [0.05, 0.1) is 22.0 Å². The van der Waals surface area contributed by atoms with Crippen LogP contribution in [0.4, 0.5) is 5.69 Å². The van der Waals surface area contributed by atoms with Crippen LogP contribution in [0.1, 0.15) is 5.69 Å². The standard InChI is InChI=1S/C18H16ClN3O3S2/c1-20-27(24,25)14-6-4-5-12(9-14)21-17(23)10-13-11-26-18(22-13)15-7-2-3-8-16(15)19/h2-9,11,20H,10H2,1H3,(H,21,23). The van der Waals surface area contributed by atoms with Gasteiger partial charge in [-0.1, -0.05) is 35.9 Å². The van der Waals surface area contributed by atoms with E-state index in [1.165, 1.54) is 30.5 Å². The van der Waals surface area contributed by atoms with E-state index in [0.29, 0.717) is 16.4 Å². The van der Waals surface area contributed by atoms with Crippen LogP contribution < -0.4 is 10.0 Å². The quantitative estimate of drug-likeness (QED) is 0.637. The number of rotatable bonds is 6. The van der Waals surface area contributed by atoms with Gasteiger partial charge in [0.1, 0.15) is 5.01 Å². The van der Waals surface area contributed by atoms with Crippen molar-refractivity contribution < 1.29 is 13.2 Å². The SMILES string of the molecule is CNS(=O)(=O)c1cccc(NC(=O)Cc2csc(-c3ccccc3Cl)n2)c1. The van der Waals surface area contributed by atoms with Gasteiger partial charge >= 0.3 is 0 Å². The maximum absolute atomic E-state index is 12.3. The van der Waals surface area contributed by atoms with Crippen molar-refractivity contribution in [2.45, 2.75) is 11.3 Å². The zero-order chi connectivity index (χ0) is 19.4. The van der Waals surface area contributed by atoms with Crippen LogP contribution in [-0.4, -0.2) is 26.4 Å². The summed E-state index contributed by atoms with van der Waals surface area (Å²) in [6.07, 6.45) is 0.0734.